The van der Waals surface area contributed by atoms with Gasteiger partial charge in [0.2, 0.25) is 0 Å². The first-order valence-corrected chi connectivity index (χ1v) is 8.48. The minimum absolute atomic E-state index is 0.203. The molecule has 0 aliphatic rings. The summed E-state index contributed by atoms with van der Waals surface area (Å²) in [7, 11) is 3.08. The molecule has 0 spiro atoms. The predicted octanol–water partition coefficient (Wildman–Crippen LogP) is 4.92. The Kier molecular flexibility index (Phi) is 5.11. The highest BCUT2D eigenvalue weighted by Crippen LogP contribution is 2.31. The van der Waals surface area contributed by atoms with Crippen molar-refractivity contribution in [1.82, 2.24) is 4.98 Å². The van der Waals surface area contributed by atoms with E-state index in [0.717, 1.165) is 9.86 Å². The Morgan fingerprint density at radius 3 is 2.68 bits per heavy atom. The molecule has 5 nitrogen and oxygen atoms in total. The largest absolute Gasteiger partial charge is 0.497 e. The van der Waals surface area contributed by atoms with Gasteiger partial charge in [-0.1, -0.05) is 23.7 Å². The highest BCUT2D eigenvalue weighted by atomic mass is 79.9. The number of carbonyl (C=O) groups excluding carboxylic acids is 1. The molecular weight excluding hydrogens is 408 g/mol. The molecule has 1 amide bonds. The van der Waals surface area contributed by atoms with Gasteiger partial charge in [0, 0.05) is 15.9 Å². The van der Waals surface area contributed by atoms with E-state index < -0.39 is 5.91 Å². The fourth-order valence-electron chi connectivity index (χ4n) is 2.39. The van der Waals surface area contributed by atoms with Crippen LogP contribution in [0.15, 0.2) is 46.9 Å². The number of nitrogens with zero attached hydrogens (tertiary/aromatic N) is 1. The minimum atomic E-state index is -0.397. The summed E-state index contributed by atoms with van der Waals surface area (Å²) >= 11 is 9.74. The van der Waals surface area contributed by atoms with Crippen molar-refractivity contribution in [3.05, 3.63) is 57.7 Å². The summed E-state index contributed by atoms with van der Waals surface area (Å²) in [5, 5.41) is 4.01. The zero-order valence-electron chi connectivity index (χ0n) is 13.5. The van der Waals surface area contributed by atoms with Crippen LogP contribution in [-0.4, -0.2) is 25.1 Å². The molecule has 0 saturated carbocycles. The van der Waals surface area contributed by atoms with E-state index in [9.17, 15) is 4.79 Å². The number of halogens is 2. The minimum Gasteiger partial charge on any atom is -0.497 e. The van der Waals surface area contributed by atoms with Crippen molar-refractivity contribution >= 4 is 50.0 Å². The van der Waals surface area contributed by atoms with Gasteiger partial charge in [0.1, 0.15) is 17.2 Å². The Hall–Kier alpha value is -2.31. The first-order valence-electron chi connectivity index (χ1n) is 7.31. The number of methoxy groups -OCH3 is 2. The number of rotatable bonds is 4. The van der Waals surface area contributed by atoms with Crippen molar-refractivity contribution in [2.24, 2.45) is 0 Å². The molecule has 0 fully saturated rings. The number of para-hydroxylation sites is 1. The second kappa shape index (κ2) is 7.29. The summed E-state index contributed by atoms with van der Waals surface area (Å²) in [6, 6.07) is 12.2. The second-order valence-electron chi connectivity index (χ2n) is 5.15. The molecule has 3 aromatic rings. The van der Waals surface area contributed by atoms with E-state index in [-0.39, 0.29) is 5.69 Å². The number of hydrogen-bond acceptors (Lipinski definition) is 4. The molecule has 1 heterocycles. The molecule has 0 saturated heterocycles. The average molecular weight is 422 g/mol. The van der Waals surface area contributed by atoms with Crippen molar-refractivity contribution in [3.63, 3.8) is 0 Å². The zero-order valence-corrected chi connectivity index (χ0v) is 15.8. The van der Waals surface area contributed by atoms with Crippen LogP contribution in [0.3, 0.4) is 0 Å². The SMILES string of the molecule is COc1ccc(OC)c(NC(=O)c2cc(Cl)c3cccc(Br)c3n2)c1. The number of aromatic nitrogens is 1. The Morgan fingerprint density at radius 2 is 1.96 bits per heavy atom. The van der Waals surface area contributed by atoms with E-state index in [4.69, 9.17) is 21.1 Å². The lowest BCUT2D eigenvalue weighted by Crippen LogP contribution is -2.14. The zero-order chi connectivity index (χ0) is 18.0. The number of ether oxygens (including phenoxy) is 2. The molecule has 1 aromatic heterocycles. The fraction of sp³-hybridized carbons (Fsp3) is 0.111. The summed E-state index contributed by atoms with van der Waals surface area (Å²) in [4.78, 5) is 17.1. The van der Waals surface area contributed by atoms with E-state index >= 15 is 0 Å². The summed E-state index contributed by atoms with van der Waals surface area (Å²) in [6.45, 7) is 0. The third-order valence-corrected chi connectivity index (χ3v) is 4.58. The number of pyridine rings is 1. The summed E-state index contributed by atoms with van der Waals surface area (Å²) in [5.41, 5.74) is 1.31. The molecule has 0 atom stereocenters. The van der Waals surface area contributed by atoms with E-state index in [0.29, 0.717) is 27.7 Å². The lowest BCUT2D eigenvalue weighted by atomic mass is 10.2. The Bertz CT molecular complexity index is 962. The number of nitrogens with one attached hydrogen (secondary N) is 1. The molecule has 2 aromatic carbocycles. The lowest BCUT2D eigenvalue weighted by Gasteiger charge is -2.12. The van der Waals surface area contributed by atoms with Crippen LogP contribution in [0.1, 0.15) is 10.5 Å². The third kappa shape index (κ3) is 3.55. The quantitative estimate of drug-likeness (QED) is 0.649. The van der Waals surface area contributed by atoms with Crippen molar-refractivity contribution < 1.29 is 14.3 Å². The monoisotopic (exact) mass is 420 g/mol. The van der Waals surface area contributed by atoms with E-state index in [1.54, 1.807) is 25.3 Å². The van der Waals surface area contributed by atoms with E-state index in [1.807, 2.05) is 18.2 Å². The van der Waals surface area contributed by atoms with Gasteiger partial charge < -0.3 is 14.8 Å². The van der Waals surface area contributed by atoms with Crippen LogP contribution in [0.2, 0.25) is 5.02 Å². The van der Waals surface area contributed by atoms with Crippen LogP contribution < -0.4 is 14.8 Å². The van der Waals surface area contributed by atoms with Gasteiger partial charge >= 0.3 is 0 Å². The maximum Gasteiger partial charge on any atom is 0.274 e. The van der Waals surface area contributed by atoms with Crippen LogP contribution in [0.5, 0.6) is 11.5 Å². The normalized spacial score (nSPS) is 10.6. The molecule has 7 heteroatoms. The Balaban J connectivity index is 1.99. The molecule has 0 aliphatic heterocycles. The number of anilines is 1. The third-order valence-electron chi connectivity index (χ3n) is 3.63. The molecule has 3 rings (SSSR count). The van der Waals surface area contributed by atoms with Gasteiger partial charge in [0.05, 0.1) is 30.4 Å². The number of hydrogen-bond donors (Lipinski definition) is 1. The molecule has 128 valence electrons. The van der Waals surface area contributed by atoms with Crippen molar-refractivity contribution in [3.8, 4) is 11.5 Å². The standard InChI is InChI=1S/C18H14BrClN2O3/c1-24-10-6-7-16(25-2)14(8-10)22-18(23)15-9-13(20)11-4-3-5-12(19)17(11)21-15/h3-9H,1-2H3,(H,22,23). The van der Waals surface area contributed by atoms with Crippen LogP contribution in [0.4, 0.5) is 5.69 Å². The summed E-state index contributed by atoms with van der Waals surface area (Å²) in [6.07, 6.45) is 0. The van der Waals surface area contributed by atoms with Crippen LogP contribution >= 0.6 is 27.5 Å². The number of fused-ring (bicyclic) bond motifs is 1. The van der Waals surface area contributed by atoms with Gasteiger partial charge in [-0.25, -0.2) is 4.98 Å². The van der Waals surface area contributed by atoms with Crippen molar-refractivity contribution in [1.29, 1.82) is 0 Å². The number of benzene rings is 2. The predicted molar refractivity (Wildman–Crippen MR) is 102 cm³/mol. The number of amides is 1. The summed E-state index contributed by atoms with van der Waals surface area (Å²) in [5.74, 6) is 0.719. The van der Waals surface area contributed by atoms with Gasteiger partial charge in [-0.05, 0) is 40.2 Å². The average Bonchev–Trinajstić information content (AvgIpc) is 2.62. The number of carbonyl (C=O) groups is 1. The smallest absolute Gasteiger partial charge is 0.274 e. The van der Waals surface area contributed by atoms with Crippen LogP contribution in [0, 0.1) is 0 Å². The van der Waals surface area contributed by atoms with E-state index in [1.165, 1.54) is 13.2 Å². The molecule has 25 heavy (non-hydrogen) atoms. The second-order valence-corrected chi connectivity index (χ2v) is 6.41. The fourth-order valence-corrected chi connectivity index (χ4v) is 3.10. The van der Waals surface area contributed by atoms with Gasteiger partial charge in [0.25, 0.3) is 5.91 Å². The van der Waals surface area contributed by atoms with Gasteiger partial charge in [-0.2, -0.15) is 0 Å². The maximum atomic E-state index is 12.6. The van der Waals surface area contributed by atoms with Crippen LogP contribution in [-0.2, 0) is 0 Å². The van der Waals surface area contributed by atoms with Crippen molar-refractivity contribution in [2.75, 3.05) is 19.5 Å². The summed E-state index contributed by atoms with van der Waals surface area (Å²) < 4.78 is 11.2. The molecule has 0 radical (unpaired) electrons. The topological polar surface area (TPSA) is 60.5 Å². The molecule has 1 N–H and O–H groups in total. The van der Waals surface area contributed by atoms with Crippen LogP contribution in [0.25, 0.3) is 10.9 Å². The molecule has 0 unspecified atom stereocenters. The highest BCUT2D eigenvalue weighted by molar-refractivity contribution is 9.10. The maximum absolute atomic E-state index is 12.6. The molecule has 0 bridgehead atoms. The van der Waals surface area contributed by atoms with Gasteiger partial charge in [-0.15, -0.1) is 0 Å². The Morgan fingerprint density at radius 1 is 1.16 bits per heavy atom. The van der Waals surface area contributed by atoms with Gasteiger partial charge in [-0.3, -0.25) is 4.79 Å². The van der Waals surface area contributed by atoms with Crippen molar-refractivity contribution in [2.45, 2.75) is 0 Å². The first kappa shape index (κ1) is 17.5. The first-order chi connectivity index (χ1) is 12.0. The molecule has 0 aliphatic carbocycles. The van der Waals surface area contributed by atoms with E-state index in [2.05, 4.69) is 26.2 Å². The molecular formula is C18H14BrClN2O3. The lowest BCUT2D eigenvalue weighted by molar-refractivity contribution is 0.102. The highest BCUT2D eigenvalue weighted by Gasteiger charge is 2.15. The van der Waals surface area contributed by atoms with Gasteiger partial charge in [0.15, 0.2) is 0 Å². The Labute approximate surface area is 158 Å².